The number of Topliss-reactive ketones (excluding diaryl/α,β-unsaturated/α-hetero) is 1. The van der Waals surface area contributed by atoms with Crippen LogP contribution in [0.25, 0.3) is 0 Å². The van der Waals surface area contributed by atoms with Gasteiger partial charge in [-0.1, -0.05) is 20.8 Å². The largest absolute Gasteiger partial charge is 0.341 e. The smallest absolute Gasteiger partial charge is 0.308 e. The van der Waals surface area contributed by atoms with E-state index in [1.165, 1.54) is 0 Å². The molecule has 1 rings (SSSR count). The summed E-state index contributed by atoms with van der Waals surface area (Å²) >= 11 is 0. The van der Waals surface area contributed by atoms with Gasteiger partial charge in [0.1, 0.15) is 5.66 Å². The van der Waals surface area contributed by atoms with E-state index in [1.54, 1.807) is 13.8 Å². The quantitative estimate of drug-likeness (QED) is 0.714. The van der Waals surface area contributed by atoms with Gasteiger partial charge in [-0.05, 0) is 25.7 Å². The van der Waals surface area contributed by atoms with Crippen LogP contribution in [0.5, 0.6) is 0 Å². The van der Waals surface area contributed by atoms with E-state index in [0.29, 0.717) is 13.2 Å². The van der Waals surface area contributed by atoms with Crippen LogP contribution in [0.4, 0.5) is 0 Å². The molecule has 0 radical (unpaired) electrons. The normalized spacial score (nSPS) is 34.3. The number of rotatable bonds is 5. The van der Waals surface area contributed by atoms with Gasteiger partial charge in [-0.3, -0.25) is 9.36 Å². The van der Waals surface area contributed by atoms with Crippen molar-refractivity contribution in [3.05, 3.63) is 0 Å². The van der Waals surface area contributed by atoms with Crippen molar-refractivity contribution in [3.8, 4) is 0 Å². The molecule has 0 amide bonds. The zero-order valence-electron chi connectivity index (χ0n) is 11.3. The Bertz CT molecular complexity index is 318. The van der Waals surface area contributed by atoms with E-state index in [1.807, 2.05) is 20.8 Å². The third-order valence-corrected chi connectivity index (χ3v) is 6.46. The van der Waals surface area contributed by atoms with Crippen molar-refractivity contribution in [1.29, 1.82) is 0 Å². The molecule has 17 heavy (non-hydrogen) atoms. The van der Waals surface area contributed by atoms with Crippen molar-refractivity contribution in [1.82, 2.24) is 0 Å². The first-order chi connectivity index (χ1) is 7.89. The Morgan fingerprint density at radius 3 is 1.82 bits per heavy atom. The average Bonchev–Trinajstić information content (AvgIpc) is 2.44. The first kappa shape index (κ1) is 14.9. The van der Waals surface area contributed by atoms with Crippen LogP contribution in [0.15, 0.2) is 0 Å². The maximum atomic E-state index is 12.7. The van der Waals surface area contributed by atoms with Gasteiger partial charge in [0.25, 0.3) is 0 Å². The van der Waals surface area contributed by atoms with Crippen molar-refractivity contribution in [2.45, 2.75) is 40.3 Å². The van der Waals surface area contributed by atoms with Crippen LogP contribution in [-0.2, 0) is 18.4 Å². The summed E-state index contributed by atoms with van der Waals surface area (Å²) in [6.07, 6.45) is 0. The topological polar surface area (TPSA) is 52.6 Å². The highest BCUT2D eigenvalue weighted by Crippen LogP contribution is 2.60. The summed E-state index contributed by atoms with van der Waals surface area (Å²) in [5.74, 6) is 0.225. The highest BCUT2D eigenvalue weighted by molar-refractivity contribution is 7.55. The van der Waals surface area contributed by atoms with Gasteiger partial charge in [-0.2, -0.15) is 0 Å². The number of ketones is 1. The van der Waals surface area contributed by atoms with E-state index in [-0.39, 0.29) is 23.5 Å². The molecule has 0 aromatic heterocycles. The van der Waals surface area contributed by atoms with Crippen LogP contribution in [-0.4, -0.2) is 24.7 Å². The van der Waals surface area contributed by atoms with Crippen LogP contribution < -0.4 is 0 Å². The lowest BCUT2D eigenvalue weighted by Gasteiger charge is -2.25. The molecule has 4 nitrogen and oxygen atoms in total. The lowest BCUT2D eigenvalue weighted by molar-refractivity contribution is -0.120. The van der Waals surface area contributed by atoms with Gasteiger partial charge in [0.05, 0.1) is 13.2 Å². The molecule has 0 bridgehead atoms. The van der Waals surface area contributed by atoms with E-state index in [2.05, 4.69) is 0 Å². The Hall–Kier alpha value is -0.180. The Morgan fingerprint density at radius 2 is 1.53 bits per heavy atom. The fourth-order valence-electron chi connectivity index (χ4n) is 2.53. The number of hydrogen-bond donors (Lipinski definition) is 0. The van der Waals surface area contributed by atoms with Gasteiger partial charge in [0, 0.05) is 5.92 Å². The van der Waals surface area contributed by atoms with E-state index < -0.39 is 13.3 Å². The van der Waals surface area contributed by atoms with Crippen molar-refractivity contribution in [2.75, 3.05) is 13.2 Å². The fourth-order valence-corrected chi connectivity index (χ4v) is 5.04. The first-order valence-electron chi connectivity index (χ1n) is 6.31. The molecule has 1 saturated carbocycles. The molecular weight excluding hydrogens is 239 g/mol. The minimum atomic E-state index is -3.30. The summed E-state index contributed by atoms with van der Waals surface area (Å²) in [7, 11) is -3.30. The summed E-state index contributed by atoms with van der Waals surface area (Å²) in [6, 6.07) is 0. The molecule has 0 aromatic carbocycles. The zero-order chi connectivity index (χ0) is 13.2. The minimum Gasteiger partial charge on any atom is -0.308 e. The molecule has 4 unspecified atom stereocenters. The van der Waals surface area contributed by atoms with Crippen molar-refractivity contribution >= 4 is 13.4 Å². The predicted octanol–water partition coefficient (Wildman–Crippen LogP) is 3.11. The molecule has 5 heteroatoms. The first-order valence-corrected chi connectivity index (χ1v) is 7.92. The molecule has 0 spiro atoms. The molecule has 1 fully saturated rings. The van der Waals surface area contributed by atoms with Crippen molar-refractivity contribution in [3.63, 3.8) is 0 Å². The lowest BCUT2D eigenvalue weighted by Crippen LogP contribution is -2.24. The Labute approximate surface area is 104 Å². The van der Waals surface area contributed by atoms with Gasteiger partial charge in [0.15, 0.2) is 5.78 Å². The summed E-state index contributed by atoms with van der Waals surface area (Å²) in [6.45, 7) is 10.0. The van der Waals surface area contributed by atoms with Gasteiger partial charge in [0.2, 0.25) is 0 Å². The Kier molecular flexibility index (Phi) is 4.94. The molecule has 0 aliphatic heterocycles. The molecule has 0 saturated heterocycles. The second-order valence-corrected chi connectivity index (χ2v) is 6.88. The highest BCUT2D eigenvalue weighted by atomic mass is 31.2. The van der Waals surface area contributed by atoms with Gasteiger partial charge in [-0.15, -0.1) is 0 Å². The van der Waals surface area contributed by atoms with E-state index in [4.69, 9.17) is 9.05 Å². The second kappa shape index (κ2) is 5.64. The zero-order valence-corrected chi connectivity index (χ0v) is 12.2. The summed E-state index contributed by atoms with van der Waals surface area (Å²) in [5, 5.41) is 0. The summed E-state index contributed by atoms with van der Waals surface area (Å²) in [5.41, 5.74) is -0.590. The van der Waals surface area contributed by atoms with Crippen LogP contribution >= 0.6 is 7.60 Å². The summed E-state index contributed by atoms with van der Waals surface area (Å²) < 4.78 is 23.3. The van der Waals surface area contributed by atoms with Crippen molar-refractivity contribution in [2.24, 2.45) is 17.8 Å². The Balaban J connectivity index is 3.03. The predicted molar refractivity (Wildman–Crippen MR) is 67.1 cm³/mol. The number of hydrogen-bond acceptors (Lipinski definition) is 4. The fraction of sp³-hybridized carbons (Fsp3) is 0.917. The third kappa shape index (κ3) is 2.64. The molecule has 1 aliphatic rings. The maximum Gasteiger partial charge on any atom is 0.341 e. The van der Waals surface area contributed by atoms with Crippen LogP contribution in [0.2, 0.25) is 0 Å². The van der Waals surface area contributed by atoms with Gasteiger partial charge >= 0.3 is 7.60 Å². The molecule has 0 aromatic rings. The standard InChI is InChI=1S/C12H23O4P/c1-6-15-17(14,16-7-2)12-10(5)8(3)9(4)11(12)13/h8-10,12H,6-7H2,1-5H3. The SMILES string of the molecule is CCOP(=O)(OCC)C1C(=O)C(C)C(C)C1C. The molecule has 4 atom stereocenters. The molecule has 0 N–H and O–H groups in total. The van der Waals surface area contributed by atoms with Gasteiger partial charge < -0.3 is 9.05 Å². The number of carbonyl (C=O) groups is 1. The van der Waals surface area contributed by atoms with Crippen LogP contribution in [0.1, 0.15) is 34.6 Å². The molecule has 0 heterocycles. The van der Waals surface area contributed by atoms with E-state index >= 15 is 0 Å². The average molecular weight is 262 g/mol. The van der Waals surface area contributed by atoms with Crippen molar-refractivity contribution < 1.29 is 18.4 Å². The maximum absolute atomic E-state index is 12.7. The number of carbonyl (C=O) groups excluding carboxylic acids is 1. The second-order valence-electron chi connectivity index (χ2n) is 4.73. The van der Waals surface area contributed by atoms with Gasteiger partial charge in [-0.25, -0.2) is 0 Å². The third-order valence-electron chi connectivity index (χ3n) is 3.82. The minimum absolute atomic E-state index is 0.0234. The molecule has 1 aliphatic carbocycles. The summed E-state index contributed by atoms with van der Waals surface area (Å²) in [4.78, 5) is 12.2. The van der Waals surface area contributed by atoms with E-state index in [0.717, 1.165) is 0 Å². The monoisotopic (exact) mass is 262 g/mol. The highest BCUT2D eigenvalue weighted by Gasteiger charge is 2.53. The van der Waals surface area contributed by atoms with Crippen LogP contribution in [0, 0.1) is 17.8 Å². The molecule has 100 valence electrons. The molecular formula is C12H23O4P. The van der Waals surface area contributed by atoms with Crippen LogP contribution in [0.3, 0.4) is 0 Å². The lowest BCUT2D eigenvalue weighted by atomic mass is 9.94. The van der Waals surface area contributed by atoms with E-state index in [9.17, 15) is 9.36 Å². The Morgan fingerprint density at radius 1 is 1.06 bits per heavy atom.